The van der Waals surface area contributed by atoms with Crippen LogP contribution in [0.3, 0.4) is 0 Å². The van der Waals surface area contributed by atoms with Gasteiger partial charge in [0, 0.05) is 17.7 Å². The number of hydrogen-bond acceptors (Lipinski definition) is 5. The standard InChI is InChI=1S/C13H11N3O3/c17-13-7-2-1-4-10(13)9-14-15-11-5-3-6-12(8-11)16(18)19/h1-9,15,17H. The van der Waals surface area contributed by atoms with Gasteiger partial charge in [-0.25, -0.2) is 0 Å². The number of phenols is 1. The Kier molecular flexibility index (Phi) is 3.72. The molecule has 2 rings (SSSR count). The third kappa shape index (κ3) is 3.29. The van der Waals surface area contributed by atoms with Gasteiger partial charge in [-0.15, -0.1) is 0 Å². The number of para-hydroxylation sites is 1. The third-order valence-electron chi connectivity index (χ3n) is 2.39. The Morgan fingerprint density at radius 2 is 2.00 bits per heavy atom. The molecule has 0 heterocycles. The van der Waals surface area contributed by atoms with Gasteiger partial charge < -0.3 is 5.11 Å². The van der Waals surface area contributed by atoms with Gasteiger partial charge in [0.1, 0.15) is 5.75 Å². The first-order valence-electron chi connectivity index (χ1n) is 5.48. The summed E-state index contributed by atoms with van der Waals surface area (Å²) in [5.74, 6) is 0.118. The minimum Gasteiger partial charge on any atom is -0.507 e. The Labute approximate surface area is 109 Å². The second-order valence-corrected chi connectivity index (χ2v) is 3.74. The van der Waals surface area contributed by atoms with Gasteiger partial charge in [-0.05, 0) is 18.2 Å². The molecule has 0 saturated carbocycles. The lowest BCUT2D eigenvalue weighted by molar-refractivity contribution is -0.384. The van der Waals surface area contributed by atoms with E-state index < -0.39 is 4.92 Å². The highest BCUT2D eigenvalue weighted by Gasteiger charge is 2.04. The number of hydrazone groups is 1. The van der Waals surface area contributed by atoms with Crippen molar-refractivity contribution in [2.75, 3.05) is 5.43 Å². The van der Waals surface area contributed by atoms with Crippen LogP contribution in [0, 0.1) is 10.1 Å². The largest absolute Gasteiger partial charge is 0.507 e. The van der Waals surface area contributed by atoms with Crippen LogP contribution in [0.1, 0.15) is 5.56 Å². The highest BCUT2D eigenvalue weighted by atomic mass is 16.6. The number of rotatable bonds is 4. The van der Waals surface area contributed by atoms with E-state index in [4.69, 9.17) is 0 Å². The first-order chi connectivity index (χ1) is 9.16. The molecule has 96 valence electrons. The molecule has 0 spiro atoms. The molecule has 0 radical (unpaired) electrons. The lowest BCUT2D eigenvalue weighted by atomic mass is 10.2. The van der Waals surface area contributed by atoms with Crippen LogP contribution in [-0.2, 0) is 0 Å². The number of nitro groups is 1. The Hall–Kier alpha value is -2.89. The van der Waals surface area contributed by atoms with Gasteiger partial charge in [-0.1, -0.05) is 18.2 Å². The molecular formula is C13H11N3O3. The maximum atomic E-state index is 10.6. The Morgan fingerprint density at radius 1 is 1.21 bits per heavy atom. The van der Waals surface area contributed by atoms with Crippen molar-refractivity contribution in [1.82, 2.24) is 0 Å². The van der Waals surface area contributed by atoms with E-state index in [2.05, 4.69) is 10.5 Å². The van der Waals surface area contributed by atoms with Gasteiger partial charge in [0.05, 0.1) is 16.8 Å². The Morgan fingerprint density at radius 3 is 2.74 bits per heavy atom. The molecule has 0 bridgehead atoms. The number of nitrogens with zero attached hydrogens (tertiary/aromatic N) is 2. The number of non-ortho nitro benzene ring substituents is 1. The van der Waals surface area contributed by atoms with E-state index in [0.29, 0.717) is 11.3 Å². The first kappa shape index (κ1) is 12.6. The molecule has 0 unspecified atom stereocenters. The van der Waals surface area contributed by atoms with Gasteiger partial charge in [0.2, 0.25) is 0 Å². The highest BCUT2D eigenvalue weighted by molar-refractivity contribution is 5.83. The normalized spacial score (nSPS) is 10.5. The summed E-state index contributed by atoms with van der Waals surface area (Å²) in [4.78, 5) is 10.1. The summed E-state index contributed by atoms with van der Waals surface area (Å²) in [6, 6.07) is 12.7. The van der Waals surface area contributed by atoms with Crippen LogP contribution in [0.5, 0.6) is 5.75 Å². The van der Waals surface area contributed by atoms with Crippen LogP contribution in [-0.4, -0.2) is 16.2 Å². The first-order valence-corrected chi connectivity index (χ1v) is 5.48. The van der Waals surface area contributed by atoms with Crippen molar-refractivity contribution in [3.63, 3.8) is 0 Å². The molecular weight excluding hydrogens is 246 g/mol. The summed E-state index contributed by atoms with van der Waals surface area (Å²) in [5.41, 5.74) is 3.71. The average Bonchev–Trinajstić information content (AvgIpc) is 2.41. The molecule has 0 amide bonds. The molecule has 0 atom stereocenters. The van der Waals surface area contributed by atoms with Gasteiger partial charge in [-0.3, -0.25) is 15.5 Å². The summed E-state index contributed by atoms with van der Waals surface area (Å²) in [6.07, 6.45) is 1.44. The SMILES string of the molecule is O=[N+]([O-])c1cccc(NN=Cc2ccccc2O)c1. The van der Waals surface area contributed by atoms with E-state index >= 15 is 0 Å². The van der Waals surface area contributed by atoms with Gasteiger partial charge in [0.15, 0.2) is 0 Å². The average molecular weight is 257 g/mol. The van der Waals surface area contributed by atoms with E-state index in [1.54, 1.807) is 36.4 Å². The fraction of sp³-hybridized carbons (Fsp3) is 0. The van der Waals surface area contributed by atoms with E-state index in [1.165, 1.54) is 18.3 Å². The molecule has 0 fully saturated rings. The van der Waals surface area contributed by atoms with E-state index in [9.17, 15) is 15.2 Å². The second kappa shape index (κ2) is 5.63. The number of hydrogen-bond donors (Lipinski definition) is 2. The van der Waals surface area contributed by atoms with Gasteiger partial charge >= 0.3 is 0 Å². The van der Waals surface area contributed by atoms with Crippen LogP contribution in [0.15, 0.2) is 53.6 Å². The Bertz CT molecular complexity index is 626. The molecule has 19 heavy (non-hydrogen) atoms. The molecule has 0 aliphatic rings. The highest BCUT2D eigenvalue weighted by Crippen LogP contribution is 2.17. The number of anilines is 1. The van der Waals surface area contributed by atoms with Crippen molar-refractivity contribution < 1.29 is 10.0 Å². The predicted molar refractivity (Wildman–Crippen MR) is 72.4 cm³/mol. The van der Waals surface area contributed by atoms with Crippen LogP contribution in [0.2, 0.25) is 0 Å². The minimum absolute atomic E-state index is 0.0113. The lowest BCUT2D eigenvalue weighted by Gasteiger charge is -2.00. The zero-order valence-electron chi connectivity index (χ0n) is 9.85. The van der Waals surface area contributed by atoms with E-state index in [0.717, 1.165) is 0 Å². The number of benzene rings is 2. The number of phenolic OH excluding ortho intramolecular Hbond substituents is 1. The number of aromatic hydroxyl groups is 1. The lowest BCUT2D eigenvalue weighted by Crippen LogP contribution is -1.93. The summed E-state index contributed by atoms with van der Waals surface area (Å²) < 4.78 is 0. The molecule has 0 aromatic heterocycles. The van der Waals surface area contributed by atoms with Gasteiger partial charge in [-0.2, -0.15) is 5.10 Å². The number of nitro benzene ring substituents is 1. The van der Waals surface area contributed by atoms with Crippen LogP contribution < -0.4 is 5.43 Å². The predicted octanol–water partition coefficient (Wildman–Crippen LogP) is 2.75. The molecule has 0 aliphatic heterocycles. The van der Waals surface area contributed by atoms with Crippen molar-refractivity contribution in [2.24, 2.45) is 5.10 Å². The molecule has 6 heteroatoms. The molecule has 2 N–H and O–H groups in total. The smallest absolute Gasteiger partial charge is 0.271 e. The van der Waals surface area contributed by atoms with Crippen LogP contribution >= 0.6 is 0 Å². The van der Waals surface area contributed by atoms with Crippen molar-refractivity contribution in [3.05, 3.63) is 64.2 Å². The van der Waals surface area contributed by atoms with Crippen LogP contribution in [0.4, 0.5) is 11.4 Å². The molecule has 2 aromatic rings. The topological polar surface area (TPSA) is 87.8 Å². The molecule has 0 saturated heterocycles. The van der Waals surface area contributed by atoms with Crippen molar-refractivity contribution in [3.8, 4) is 5.75 Å². The maximum Gasteiger partial charge on any atom is 0.271 e. The summed E-state index contributed by atoms with van der Waals surface area (Å²) in [5, 5.41) is 24.0. The van der Waals surface area contributed by atoms with Crippen molar-refractivity contribution >= 4 is 17.6 Å². The zero-order valence-corrected chi connectivity index (χ0v) is 9.85. The number of nitrogens with one attached hydrogen (secondary N) is 1. The zero-order chi connectivity index (χ0) is 13.7. The van der Waals surface area contributed by atoms with Crippen LogP contribution in [0.25, 0.3) is 0 Å². The fourth-order valence-electron chi connectivity index (χ4n) is 1.46. The summed E-state index contributed by atoms with van der Waals surface area (Å²) in [7, 11) is 0. The van der Waals surface area contributed by atoms with Crippen molar-refractivity contribution in [1.29, 1.82) is 0 Å². The second-order valence-electron chi connectivity index (χ2n) is 3.74. The minimum atomic E-state index is -0.474. The third-order valence-corrected chi connectivity index (χ3v) is 2.39. The monoisotopic (exact) mass is 257 g/mol. The van der Waals surface area contributed by atoms with E-state index in [1.807, 2.05) is 0 Å². The molecule has 0 aliphatic carbocycles. The quantitative estimate of drug-likeness (QED) is 0.500. The molecule has 6 nitrogen and oxygen atoms in total. The van der Waals surface area contributed by atoms with Gasteiger partial charge in [0.25, 0.3) is 5.69 Å². The van der Waals surface area contributed by atoms with E-state index in [-0.39, 0.29) is 11.4 Å². The fourth-order valence-corrected chi connectivity index (χ4v) is 1.46. The maximum absolute atomic E-state index is 10.6. The summed E-state index contributed by atoms with van der Waals surface area (Å²) in [6.45, 7) is 0. The van der Waals surface area contributed by atoms with Crippen molar-refractivity contribution in [2.45, 2.75) is 0 Å². The summed E-state index contributed by atoms with van der Waals surface area (Å²) >= 11 is 0. The molecule has 2 aromatic carbocycles. The Balaban J connectivity index is 2.09.